The molecule has 0 aromatic carbocycles. The highest BCUT2D eigenvalue weighted by Gasteiger charge is 2.33. The van der Waals surface area contributed by atoms with Crippen LogP contribution < -0.4 is 5.32 Å². The third-order valence-electron chi connectivity index (χ3n) is 6.32. The minimum Gasteiger partial charge on any atom is -0.784 e. The Balaban J connectivity index is 2.46. The molecule has 0 amide bonds. The van der Waals surface area contributed by atoms with Gasteiger partial charge in [0.15, 0.2) is 0 Å². The van der Waals surface area contributed by atoms with E-state index < -0.39 is 0 Å². The number of carbonyl (C=O) groups excluding carboxylic acids is 1. The lowest BCUT2D eigenvalue weighted by Gasteiger charge is -2.43. The smallest absolute Gasteiger partial charge is 0.147 e. The van der Waals surface area contributed by atoms with Gasteiger partial charge in [-0.2, -0.15) is 0 Å². The van der Waals surface area contributed by atoms with E-state index >= 15 is 0 Å². The topological polar surface area (TPSA) is 55.4 Å². The summed E-state index contributed by atoms with van der Waals surface area (Å²) in [4.78, 5) is 12.4. The minimum atomic E-state index is -0.0895. The molecule has 0 atom stereocenters. The minimum absolute atomic E-state index is 0.0895. The molecule has 1 N–H and O–H groups in total. The lowest BCUT2D eigenvalue weighted by atomic mass is 9.73. The van der Waals surface area contributed by atoms with Crippen LogP contribution in [0.3, 0.4) is 0 Å². The molecule has 1 aliphatic heterocycles. The van der Waals surface area contributed by atoms with Gasteiger partial charge < -0.3 is 10.3 Å². The Labute approximate surface area is 174 Å². The van der Waals surface area contributed by atoms with Gasteiger partial charge in [-0.3, -0.25) is 10.1 Å². The summed E-state index contributed by atoms with van der Waals surface area (Å²) in [5.74, 6) is 0.291. The summed E-state index contributed by atoms with van der Waals surface area (Å²) < 4.78 is 0. The van der Waals surface area contributed by atoms with Crippen LogP contribution in [0.5, 0.6) is 0 Å². The SMILES string of the molecule is CCCCCCCCCC1(CCCCCCCCC)CC(=O)CNCN([O-])C1. The van der Waals surface area contributed by atoms with Gasteiger partial charge in [0.25, 0.3) is 0 Å². The van der Waals surface area contributed by atoms with Gasteiger partial charge in [0.2, 0.25) is 0 Å². The van der Waals surface area contributed by atoms with E-state index in [4.69, 9.17) is 0 Å². The second kappa shape index (κ2) is 16.4. The molecule has 1 aliphatic rings. The fourth-order valence-electron chi connectivity index (χ4n) is 4.66. The van der Waals surface area contributed by atoms with Gasteiger partial charge in [0.05, 0.1) is 6.54 Å². The molecule has 4 heteroatoms. The van der Waals surface area contributed by atoms with E-state index in [1.54, 1.807) is 0 Å². The van der Waals surface area contributed by atoms with E-state index in [9.17, 15) is 10.0 Å². The van der Waals surface area contributed by atoms with Gasteiger partial charge in [-0.25, -0.2) is 0 Å². The lowest BCUT2D eigenvalue weighted by molar-refractivity contribution is -0.122. The standard InChI is InChI=1S/C24H47N2O2/c1-3-5-7-9-11-13-15-17-24(18-16-14-12-10-8-6-4-2)19-23(27)20-25-22-26(28)21-24/h25H,3-22H2,1-2H3/q-1. The van der Waals surface area contributed by atoms with E-state index in [-0.39, 0.29) is 5.41 Å². The number of nitrogens with one attached hydrogen (secondary N) is 1. The van der Waals surface area contributed by atoms with Crippen LogP contribution in [0.2, 0.25) is 0 Å². The highest BCUT2D eigenvalue weighted by Crippen LogP contribution is 2.37. The third kappa shape index (κ3) is 12.2. The number of hydrogen-bond donors (Lipinski definition) is 1. The highest BCUT2D eigenvalue weighted by atomic mass is 16.5. The molecule has 4 nitrogen and oxygen atoms in total. The van der Waals surface area contributed by atoms with Gasteiger partial charge >= 0.3 is 0 Å². The zero-order chi connectivity index (χ0) is 20.5. The predicted molar refractivity (Wildman–Crippen MR) is 120 cm³/mol. The van der Waals surface area contributed by atoms with Crippen molar-refractivity contribution in [2.45, 2.75) is 123 Å². The molecule has 0 aromatic rings. The zero-order valence-corrected chi connectivity index (χ0v) is 18.9. The fourth-order valence-corrected chi connectivity index (χ4v) is 4.66. The Morgan fingerprint density at radius 1 is 0.821 bits per heavy atom. The molecule has 0 spiro atoms. The largest absolute Gasteiger partial charge is 0.784 e. The van der Waals surface area contributed by atoms with Crippen LogP contribution in [-0.4, -0.2) is 30.6 Å². The number of unbranched alkanes of at least 4 members (excludes halogenated alkanes) is 12. The van der Waals surface area contributed by atoms with Crippen LogP contribution in [0.4, 0.5) is 0 Å². The van der Waals surface area contributed by atoms with Crippen molar-refractivity contribution in [1.29, 1.82) is 0 Å². The number of nitrogens with zero attached hydrogens (tertiary/aromatic N) is 1. The zero-order valence-electron chi connectivity index (χ0n) is 18.9. The average Bonchev–Trinajstić information content (AvgIpc) is 2.65. The van der Waals surface area contributed by atoms with E-state index in [2.05, 4.69) is 19.2 Å². The van der Waals surface area contributed by atoms with Crippen molar-refractivity contribution < 1.29 is 4.79 Å². The molecule has 1 heterocycles. The summed E-state index contributed by atoms with van der Waals surface area (Å²) in [6, 6.07) is 0. The van der Waals surface area contributed by atoms with Crippen LogP contribution in [0.25, 0.3) is 0 Å². The van der Waals surface area contributed by atoms with Crippen LogP contribution in [0, 0.1) is 10.6 Å². The Morgan fingerprint density at radius 2 is 1.29 bits per heavy atom. The molecule has 28 heavy (non-hydrogen) atoms. The van der Waals surface area contributed by atoms with Gasteiger partial charge in [-0.15, -0.1) is 0 Å². The van der Waals surface area contributed by atoms with Crippen LogP contribution in [-0.2, 0) is 4.79 Å². The number of ketones is 1. The first-order valence-electron chi connectivity index (χ1n) is 12.3. The van der Waals surface area contributed by atoms with Gasteiger partial charge in [0, 0.05) is 13.1 Å². The van der Waals surface area contributed by atoms with E-state index in [1.807, 2.05) is 0 Å². The summed E-state index contributed by atoms with van der Waals surface area (Å²) in [5.41, 5.74) is -0.0895. The Bertz CT molecular complexity index is 369. The van der Waals surface area contributed by atoms with Crippen molar-refractivity contribution in [3.05, 3.63) is 5.21 Å². The molecule has 0 aliphatic carbocycles. The predicted octanol–water partition coefficient (Wildman–Crippen LogP) is 6.57. The lowest BCUT2D eigenvalue weighted by Crippen LogP contribution is -2.45. The van der Waals surface area contributed by atoms with Crippen molar-refractivity contribution in [2.75, 3.05) is 19.8 Å². The second-order valence-electron chi connectivity index (χ2n) is 9.18. The van der Waals surface area contributed by atoms with Crippen LogP contribution in [0.15, 0.2) is 0 Å². The number of hydroxylamine groups is 2. The first-order valence-corrected chi connectivity index (χ1v) is 12.3. The number of Topliss-reactive ketones (excluding diaryl/α,β-unsaturated/α-hetero) is 1. The first kappa shape index (κ1) is 25.6. The van der Waals surface area contributed by atoms with Crippen LogP contribution in [0.1, 0.15) is 123 Å². The Hall–Kier alpha value is -0.450. The van der Waals surface area contributed by atoms with Crippen molar-refractivity contribution in [3.63, 3.8) is 0 Å². The number of carbonyl (C=O) groups is 1. The maximum atomic E-state index is 12.4. The Morgan fingerprint density at radius 3 is 1.79 bits per heavy atom. The van der Waals surface area contributed by atoms with Gasteiger partial charge in [-0.05, 0) is 24.8 Å². The van der Waals surface area contributed by atoms with Crippen molar-refractivity contribution in [3.8, 4) is 0 Å². The van der Waals surface area contributed by atoms with Crippen molar-refractivity contribution in [1.82, 2.24) is 10.4 Å². The average molecular weight is 396 g/mol. The molecular weight excluding hydrogens is 348 g/mol. The van der Waals surface area contributed by atoms with Crippen molar-refractivity contribution >= 4 is 5.78 Å². The maximum absolute atomic E-state index is 12.4. The van der Waals surface area contributed by atoms with Crippen molar-refractivity contribution in [2.24, 2.45) is 5.41 Å². The highest BCUT2D eigenvalue weighted by molar-refractivity contribution is 5.81. The second-order valence-corrected chi connectivity index (χ2v) is 9.18. The van der Waals surface area contributed by atoms with E-state index in [1.165, 1.54) is 77.0 Å². The molecule has 1 fully saturated rings. The number of rotatable bonds is 16. The maximum Gasteiger partial charge on any atom is 0.147 e. The summed E-state index contributed by atoms with van der Waals surface area (Å²) in [6.45, 7) is 5.68. The normalized spacial score (nSPS) is 18.2. The summed E-state index contributed by atoms with van der Waals surface area (Å²) in [7, 11) is 0. The molecule has 1 rings (SSSR count). The molecular formula is C24H47N2O2-. The first-order chi connectivity index (χ1) is 13.6. The fraction of sp³-hybridized carbons (Fsp3) is 0.958. The Kier molecular flexibility index (Phi) is 14.9. The molecule has 0 bridgehead atoms. The quantitative estimate of drug-likeness (QED) is 0.300. The molecule has 0 aromatic heterocycles. The molecule has 0 unspecified atom stereocenters. The molecule has 0 radical (unpaired) electrons. The van der Waals surface area contributed by atoms with Gasteiger partial charge in [-0.1, -0.05) is 104 Å². The van der Waals surface area contributed by atoms with E-state index in [0.29, 0.717) is 32.0 Å². The molecule has 1 saturated heterocycles. The van der Waals surface area contributed by atoms with E-state index in [0.717, 1.165) is 30.7 Å². The molecule has 0 saturated carbocycles. The third-order valence-corrected chi connectivity index (χ3v) is 6.32. The summed E-state index contributed by atoms with van der Waals surface area (Å²) in [5, 5.41) is 16.5. The monoisotopic (exact) mass is 395 g/mol. The van der Waals surface area contributed by atoms with Gasteiger partial charge in [0.1, 0.15) is 5.78 Å². The summed E-state index contributed by atoms with van der Waals surface area (Å²) in [6.07, 6.45) is 20.7. The molecule has 166 valence electrons. The number of hydrogen-bond acceptors (Lipinski definition) is 4. The summed E-state index contributed by atoms with van der Waals surface area (Å²) >= 11 is 0. The van der Waals surface area contributed by atoms with Crippen LogP contribution >= 0.6 is 0 Å².